The Morgan fingerprint density at radius 1 is 0.364 bits per heavy atom. The standard InChI is InChI=1S/C42H28N2/c1-4-12-29(13-5-1)31-20-23-34(24-21-31)44-39-27-26-38-41(35-18-10-11-19-37(35)43(38)33-16-8-3-9-17-33)42(39)36-25-22-32(28-40(36)44)30-14-6-2-7-15-30/h1-28H/i2D,6D,7D,10D,11D,14D,15D,18D,19D. The monoisotopic (exact) mass is 569 g/mol. The Labute approximate surface area is 268 Å². The van der Waals surface area contributed by atoms with Crippen molar-refractivity contribution in [2.24, 2.45) is 0 Å². The van der Waals surface area contributed by atoms with E-state index < -0.39 is 18.1 Å². The van der Waals surface area contributed by atoms with Crippen molar-refractivity contribution in [1.82, 2.24) is 9.13 Å². The third-order valence-electron chi connectivity index (χ3n) is 8.33. The van der Waals surface area contributed by atoms with E-state index in [4.69, 9.17) is 11.0 Å². The third-order valence-corrected chi connectivity index (χ3v) is 8.33. The SMILES string of the molecule is [2H]c1c([2H])c([2H])c(-c2ccc3c4c5c6c([2H])c([2H])c([2H])c([2H])c6n(-c6ccccc6)c5ccc4n(-c4ccc(-c5ccccc5)cc4)c3c2)c([2H])c1[2H]. The highest BCUT2D eigenvalue weighted by Gasteiger charge is 2.21. The number of para-hydroxylation sites is 2. The fourth-order valence-corrected chi connectivity index (χ4v) is 6.42. The topological polar surface area (TPSA) is 9.86 Å². The second-order valence-electron chi connectivity index (χ2n) is 10.7. The van der Waals surface area contributed by atoms with Crippen LogP contribution in [-0.2, 0) is 0 Å². The third kappa shape index (κ3) is 3.75. The highest BCUT2D eigenvalue weighted by atomic mass is 15.0. The summed E-state index contributed by atoms with van der Waals surface area (Å²) in [6.07, 6.45) is 0. The molecule has 9 rings (SSSR count). The zero-order chi connectivity index (χ0) is 36.9. The molecule has 0 saturated heterocycles. The van der Waals surface area contributed by atoms with Crippen molar-refractivity contribution in [3.05, 3.63) is 170 Å². The van der Waals surface area contributed by atoms with Gasteiger partial charge in [-0.3, -0.25) is 0 Å². The molecule has 0 amide bonds. The second-order valence-corrected chi connectivity index (χ2v) is 10.7. The van der Waals surface area contributed by atoms with Gasteiger partial charge in [0.15, 0.2) is 0 Å². The number of aromatic nitrogens is 2. The number of hydrogen-bond acceptors (Lipinski definition) is 0. The van der Waals surface area contributed by atoms with E-state index in [1.807, 2.05) is 114 Å². The Morgan fingerprint density at radius 3 is 1.68 bits per heavy atom. The van der Waals surface area contributed by atoms with Crippen LogP contribution in [-0.4, -0.2) is 9.13 Å². The summed E-state index contributed by atoms with van der Waals surface area (Å²) in [6.45, 7) is 0. The molecule has 0 N–H and O–H groups in total. The van der Waals surface area contributed by atoms with Crippen LogP contribution in [0.1, 0.15) is 12.3 Å². The predicted octanol–water partition coefficient (Wildman–Crippen LogP) is 11.2. The first-order chi connectivity index (χ1) is 25.6. The molecule has 0 aliphatic heterocycles. The van der Waals surface area contributed by atoms with Gasteiger partial charge in [-0.2, -0.15) is 0 Å². The first kappa shape index (κ1) is 17.3. The van der Waals surface area contributed by atoms with Crippen LogP contribution in [0.3, 0.4) is 0 Å². The molecule has 2 heteroatoms. The van der Waals surface area contributed by atoms with Gasteiger partial charge < -0.3 is 9.13 Å². The molecule has 2 aromatic heterocycles. The Kier molecular flexibility index (Phi) is 3.88. The maximum Gasteiger partial charge on any atom is 0.0645 e. The van der Waals surface area contributed by atoms with E-state index in [-0.39, 0.29) is 41.8 Å². The summed E-state index contributed by atoms with van der Waals surface area (Å²) in [5, 5.41) is 2.59. The fraction of sp³-hybridized carbons (Fsp3) is 0. The van der Waals surface area contributed by atoms with Crippen molar-refractivity contribution in [3.63, 3.8) is 0 Å². The van der Waals surface area contributed by atoms with E-state index in [2.05, 4.69) is 4.57 Å². The summed E-state index contributed by atoms with van der Waals surface area (Å²) in [5.74, 6) is 0. The number of hydrogen-bond donors (Lipinski definition) is 0. The first-order valence-corrected chi connectivity index (χ1v) is 14.4. The van der Waals surface area contributed by atoms with Gasteiger partial charge in [0, 0.05) is 32.9 Å². The van der Waals surface area contributed by atoms with Crippen LogP contribution in [0.5, 0.6) is 0 Å². The molecular weight excluding hydrogens is 532 g/mol. The minimum absolute atomic E-state index is 0.0917. The highest BCUT2D eigenvalue weighted by molar-refractivity contribution is 6.29. The average molecular weight is 570 g/mol. The number of rotatable bonds is 4. The summed E-state index contributed by atoms with van der Waals surface area (Å²) in [4.78, 5) is 0. The lowest BCUT2D eigenvalue weighted by Gasteiger charge is -2.11. The Balaban J connectivity index is 1.45. The van der Waals surface area contributed by atoms with E-state index in [0.717, 1.165) is 38.8 Å². The van der Waals surface area contributed by atoms with Crippen LogP contribution in [0, 0.1) is 0 Å². The van der Waals surface area contributed by atoms with Crippen LogP contribution in [0.15, 0.2) is 170 Å². The largest absolute Gasteiger partial charge is 0.309 e. The summed E-state index contributed by atoms with van der Waals surface area (Å²) in [7, 11) is 0. The van der Waals surface area contributed by atoms with Gasteiger partial charge in [0.1, 0.15) is 0 Å². The van der Waals surface area contributed by atoms with Gasteiger partial charge in [-0.15, -0.1) is 0 Å². The lowest BCUT2D eigenvalue weighted by Crippen LogP contribution is -1.95. The molecular formula is C42H28N2. The van der Waals surface area contributed by atoms with Gasteiger partial charge in [-0.25, -0.2) is 0 Å². The molecule has 2 nitrogen and oxygen atoms in total. The molecule has 0 aliphatic carbocycles. The van der Waals surface area contributed by atoms with E-state index in [0.29, 0.717) is 32.9 Å². The fourth-order valence-electron chi connectivity index (χ4n) is 6.42. The van der Waals surface area contributed by atoms with Crippen LogP contribution in [0.4, 0.5) is 0 Å². The summed E-state index contributed by atoms with van der Waals surface area (Å²) in [5.41, 5.74) is 6.75. The van der Waals surface area contributed by atoms with Crippen molar-refractivity contribution in [1.29, 1.82) is 0 Å². The van der Waals surface area contributed by atoms with Crippen molar-refractivity contribution < 1.29 is 12.3 Å². The zero-order valence-electron chi connectivity index (χ0n) is 32.4. The molecule has 7 aromatic carbocycles. The zero-order valence-corrected chi connectivity index (χ0v) is 23.4. The summed E-state index contributed by atoms with van der Waals surface area (Å²) < 4.78 is 81.7. The molecule has 0 spiro atoms. The maximum absolute atomic E-state index is 9.19. The Bertz CT molecular complexity index is 2940. The second kappa shape index (κ2) is 9.86. The van der Waals surface area contributed by atoms with Crippen LogP contribution in [0.25, 0.3) is 77.2 Å². The number of fused-ring (bicyclic) bond motifs is 7. The molecule has 0 saturated carbocycles. The molecule has 0 unspecified atom stereocenters. The smallest absolute Gasteiger partial charge is 0.0645 e. The molecule has 0 fully saturated rings. The van der Waals surface area contributed by atoms with Crippen LogP contribution < -0.4 is 0 Å². The van der Waals surface area contributed by atoms with Gasteiger partial charge in [0.25, 0.3) is 0 Å². The summed E-state index contributed by atoms with van der Waals surface area (Å²) in [6, 6.07) is 34.2. The van der Waals surface area contributed by atoms with Gasteiger partial charge in [-0.05, 0) is 70.8 Å². The van der Waals surface area contributed by atoms with Gasteiger partial charge in [0.05, 0.1) is 34.4 Å². The van der Waals surface area contributed by atoms with Gasteiger partial charge >= 0.3 is 0 Å². The molecule has 0 atom stereocenters. The molecule has 44 heavy (non-hydrogen) atoms. The average Bonchev–Trinajstić information content (AvgIpc) is 3.71. The van der Waals surface area contributed by atoms with E-state index >= 15 is 0 Å². The lowest BCUT2D eigenvalue weighted by molar-refractivity contribution is 1.17. The van der Waals surface area contributed by atoms with E-state index in [1.54, 1.807) is 6.07 Å². The minimum Gasteiger partial charge on any atom is -0.309 e. The van der Waals surface area contributed by atoms with E-state index in [1.165, 1.54) is 0 Å². The van der Waals surface area contributed by atoms with Crippen LogP contribution >= 0.6 is 0 Å². The van der Waals surface area contributed by atoms with Gasteiger partial charge in [-0.1, -0.05) is 121 Å². The minimum atomic E-state index is -0.459. The maximum atomic E-state index is 9.19. The normalized spacial score (nSPS) is 14.5. The van der Waals surface area contributed by atoms with Crippen molar-refractivity contribution in [3.8, 4) is 33.6 Å². The van der Waals surface area contributed by atoms with Crippen molar-refractivity contribution >= 4 is 43.6 Å². The van der Waals surface area contributed by atoms with Crippen molar-refractivity contribution in [2.75, 3.05) is 0 Å². The number of benzene rings is 7. The first-order valence-electron chi connectivity index (χ1n) is 18.9. The van der Waals surface area contributed by atoms with Crippen molar-refractivity contribution in [2.45, 2.75) is 0 Å². The lowest BCUT2D eigenvalue weighted by atomic mass is 10.0. The molecule has 206 valence electrons. The Morgan fingerprint density at radius 2 is 0.932 bits per heavy atom. The molecule has 9 aromatic rings. The highest BCUT2D eigenvalue weighted by Crippen LogP contribution is 2.43. The van der Waals surface area contributed by atoms with Crippen LogP contribution in [0.2, 0.25) is 0 Å². The molecule has 2 heterocycles. The number of nitrogens with zero attached hydrogens (tertiary/aromatic N) is 2. The quantitative estimate of drug-likeness (QED) is 0.199. The van der Waals surface area contributed by atoms with E-state index in [9.17, 15) is 1.37 Å². The van der Waals surface area contributed by atoms with Gasteiger partial charge in [0.2, 0.25) is 0 Å². The Hall–Kier alpha value is -5.86. The molecule has 0 aliphatic rings. The molecule has 0 bridgehead atoms. The summed E-state index contributed by atoms with van der Waals surface area (Å²) >= 11 is 0. The molecule has 0 radical (unpaired) electrons. The predicted molar refractivity (Wildman–Crippen MR) is 186 cm³/mol.